The molecule has 0 amide bonds. The van der Waals surface area contributed by atoms with Gasteiger partial charge in [-0.3, -0.25) is 4.99 Å². The lowest BCUT2D eigenvalue weighted by molar-refractivity contribution is 0.270. The average molecular weight is 473 g/mol. The summed E-state index contributed by atoms with van der Waals surface area (Å²) in [6.45, 7) is 8.38. The van der Waals surface area contributed by atoms with Gasteiger partial charge in [0.1, 0.15) is 5.82 Å². The Balaban J connectivity index is 1.43. The molecule has 0 unspecified atom stereocenters. The predicted molar refractivity (Wildman–Crippen MR) is 122 cm³/mol. The molecule has 0 saturated carbocycles. The third kappa shape index (κ3) is 4.32. The van der Waals surface area contributed by atoms with E-state index in [1.165, 1.54) is 20.3 Å². The molecule has 5 nitrogen and oxygen atoms in total. The Hall–Kier alpha value is -1.93. The fourth-order valence-corrected chi connectivity index (χ4v) is 3.98. The molecule has 2 aromatic rings. The van der Waals surface area contributed by atoms with Crippen LogP contribution in [0.25, 0.3) is 5.57 Å². The van der Waals surface area contributed by atoms with E-state index >= 15 is 0 Å². The van der Waals surface area contributed by atoms with Gasteiger partial charge in [0.05, 0.1) is 18.4 Å². The first-order chi connectivity index (χ1) is 13.2. The van der Waals surface area contributed by atoms with Crippen molar-refractivity contribution in [3.05, 3.63) is 57.4 Å². The van der Waals surface area contributed by atoms with Crippen molar-refractivity contribution >= 4 is 45.9 Å². The monoisotopic (exact) mass is 473 g/mol. The predicted octanol–water partition coefficient (Wildman–Crippen LogP) is 3.71. The van der Waals surface area contributed by atoms with Crippen molar-refractivity contribution in [2.75, 3.05) is 49.5 Å². The number of benzene rings is 1. The number of likely N-dealkylation sites (N-methyl/N-ethyl adjacent to an activating group) is 1. The first-order valence-corrected chi connectivity index (χ1v) is 10.5. The van der Waals surface area contributed by atoms with Crippen molar-refractivity contribution in [2.45, 2.75) is 6.92 Å². The Bertz CT molecular complexity index is 851. The fourth-order valence-electron chi connectivity index (χ4n) is 3.49. The largest absolute Gasteiger partial charge is 0.360 e. The molecule has 1 fully saturated rings. The highest BCUT2D eigenvalue weighted by molar-refractivity contribution is 14.1. The van der Waals surface area contributed by atoms with Gasteiger partial charge in [-0.05, 0) is 70.1 Å². The van der Waals surface area contributed by atoms with Crippen LogP contribution < -0.4 is 10.2 Å². The molecule has 0 aliphatic carbocycles. The number of rotatable bonds is 4. The zero-order valence-electron chi connectivity index (χ0n) is 15.5. The second kappa shape index (κ2) is 8.39. The molecule has 0 radical (unpaired) electrons. The summed E-state index contributed by atoms with van der Waals surface area (Å²) < 4.78 is 1.24. The molecular weight excluding hydrogens is 449 g/mol. The lowest BCUT2D eigenvalue weighted by Gasteiger charge is -2.34. The van der Waals surface area contributed by atoms with Gasteiger partial charge in [0, 0.05) is 42.2 Å². The molecule has 27 heavy (non-hydrogen) atoms. The fraction of sp³-hybridized carbons (Fsp3) is 0.333. The van der Waals surface area contributed by atoms with E-state index < -0.39 is 0 Å². The smallest absolute Gasteiger partial charge is 0.128 e. The molecule has 3 heterocycles. The number of aliphatic imine (C=N–C) groups is 1. The topological polar surface area (TPSA) is 43.8 Å². The number of hydrogen-bond acceptors (Lipinski definition) is 5. The van der Waals surface area contributed by atoms with Crippen molar-refractivity contribution in [3.63, 3.8) is 0 Å². The van der Waals surface area contributed by atoms with Crippen LogP contribution in [-0.2, 0) is 0 Å². The number of nitrogens with one attached hydrogen (secondary N) is 1. The molecule has 1 aromatic carbocycles. The minimum absolute atomic E-state index is 0.702. The minimum Gasteiger partial charge on any atom is -0.360 e. The van der Waals surface area contributed by atoms with Gasteiger partial charge in [0.25, 0.3) is 0 Å². The van der Waals surface area contributed by atoms with E-state index in [2.05, 4.69) is 91.1 Å². The number of pyridine rings is 1. The van der Waals surface area contributed by atoms with Gasteiger partial charge < -0.3 is 15.1 Å². The number of fused-ring (bicyclic) bond motifs is 1. The third-order valence-electron chi connectivity index (χ3n) is 5.16. The number of aromatic nitrogens is 1. The van der Waals surface area contributed by atoms with Crippen LogP contribution in [0, 0.1) is 3.57 Å². The van der Waals surface area contributed by atoms with Crippen molar-refractivity contribution in [1.29, 1.82) is 0 Å². The Kier molecular flexibility index (Phi) is 5.73. The molecule has 2 aliphatic rings. The highest BCUT2D eigenvalue weighted by Crippen LogP contribution is 2.25. The third-order valence-corrected chi connectivity index (χ3v) is 5.83. The van der Waals surface area contributed by atoms with E-state index in [1.54, 1.807) is 0 Å². The maximum atomic E-state index is 4.66. The van der Waals surface area contributed by atoms with E-state index in [0.717, 1.165) is 44.2 Å². The maximum Gasteiger partial charge on any atom is 0.128 e. The van der Waals surface area contributed by atoms with Crippen LogP contribution in [0.5, 0.6) is 0 Å². The van der Waals surface area contributed by atoms with Crippen molar-refractivity contribution in [2.24, 2.45) is 4.99 Å². The summed E-state index contributed by atoms with van der Waals surface area (Å²) in [5.74, 6) is 1.06. The lowest BCUT2D eigenvalue weighted by atomic mass is 9.99. The highest BCUT2D eigenvalue weighted by Gasteiger charge is 2.16. The summed E-state index contributed by atoms with van der Waals surface area (Å²) in [7, 11) is 0. The van der Waals surface area contributed by atoms with Crippen LogP contribution in [0.2, 0.25) is 0 Å². The number of halogens is 1. The van der Waals surface area contributed by atoms with Crippen molar-refractivity contribution in [1.82, 2.24) is 9.88 Å². The number of anilines is 2. The van der Waals surface area contributed by atoms with Crippen LogP contribution in [-0.4, -0.2) is 55.4 Å². The normalized spacial score (nSPS) is 18.6. The van der Waals surface area contributed by atoms with Crippen LogP contribution >= 0.6 is 22.6 Å². The summed E-state index contributed by atoms with van der Waals surface area (Å²) in [6, 6.07) is 10.7. The van der Waals surface area contributed by atoms with Gasteiger partial charge in [0.2, 0.25) is 0 Å². The molecule has 0 spiro atoms. The molecule has 4 rings (SSSR count). The number of nitrogens with zero attached hydrogens (tertiary/aromatic N) is 4. The second-order valence-electron chi connectivity index (χ2n) is 6.84. The molecule has 140 valence electrons. The lowest BCUT2D eigenvalue weighted by Crippen LogP contribution is -2.46. The van der Waals surface area contributed by atoms with Crippen LogP contribution in [0.3, 0.4) is 0 Å². The Morgan fingerprint density at radius 3 is 2.74 bits per heavy atom. The summed E-state index contributed by atoms with van der Waals surface area (Å²) in [4.78, 5) is 14.0. The quantitative estimate of drug-likeness (QED) is 0.688. The van der Waals surface area contributed by atoms with E-state index in [0.29, 0.717) is 6.54 Å². The summed E-state index contributed by atoms with van der Waals surface area (Å²) in [5.41, 5.74) is 4.63. The first-order valence-electron chi connectivity index (χ1n) is 9.41. The molecular formula is C21H24IN5. The van der Waals surface area contributed by atoms with E-state index in [4.69, 9.17) is 0 Å². The van der Waals surface area contributed by atoms with Gasteiger partial charge in [-0.1, -0.05) is 13.0 Å². The van der Waals surface area contributed by atoms with Crippen molar-refractivity contribution in [3.8, 4) is 0 Å². The molecule has 6 heteroatoms. The summed E-state index contributed by atoms with van der Waals surface area (Å²) in [5, 5.41) is 3.39. The Morgan fingerprint density at radius 2 is 2.00 bits per heavy atom. The van der Waals surface area contributed by atoms with Crippen LogP contribution in [0.1, 0.15) is 18.1 Å². The maximum absolute atomic E-state index is 4.66. The zero-order chi connectivity index (χ0) is 18.6. The molecule has 1 N–H and O–H groups in total. The zero-order valence-corrected chi connectivity index (χ0v) is 17.7. The van der Waals surface area contributed by atoms with E-state index in [-0.39, 0.29) is 0 Å². The first kappa shape index (κ1) is 18.4. The van der Waals surface area contributed by atoms with Crippen LogP contribution in [0.4, 0.5) is 11.5 Å². The molecule has 1 aromatic heterocycles. The molecule has 0 bridgehead atoms. The van der Waals surface area contributed by atoms with Gasteiger partial charge in [-0.2, -0.15) is 0 Å². The number of hydrogen-bond donors (Lipinski definition) is 1. The summed E-state index contributed by atoms with van der Waals surface area (Å²) >= 11 is 2.35. The van der Waals surface area contributed by atoms with Crippen LogP contribution in [0.15, 0.2) is 47.7 Å². The van der Waals surface area contributed by atoms with Gasteiger partial charge in [-0.25, -0.2) is 4.98 Å². The minimum atomic E-state index is 0.702. The highest BCUT2D eigenvalue weighted by atomic mass is 127. The Labute approximate surface area is 174 Å². The molecule has 1 saturated heterocycles. The average Bonchev–Trinajstić information content (AvgIpc) is 2.73. The standard InChI is InChI=1S/C21H24IN5/c1-2-26-7-9-27(10-8-26)21-6-5-19(15-25-21)24-14-17-13-23-12-16-3-4-18(22)11-20(16)17/h3-6,11-12,14-15,24H,2,7-10,13H2,1H3/b17-14+. The van der Waals surface area contributed by atoms with Gasteiger partial charge in [-0.15, -0.1) is 0 Å². The Morgan fingerprint density at radius 1 is 1.15 bits per heavy atom. The van der Waals surface area contributed by atoms with E-state index in [1.807, 2.05) is 12.4 Å². The van der Waals surface area contributed by atoms with Gasteiger partial charge >= 0.3 is 0 Å². The van der Waals surface area contributed by atoms with Gasteiger partial charge in [0.15, 0.2) is 0 Å². The molecule has 0 atom stereocenters. The summed E-state index contributed by atoms with van der Waals surface area (Å²) in [6.07, 6.45) is 5.93. The number of piperazine rings is 1. The SMILES string of the molecule is CCN1CCN(c2ccc(N/C=C3\CN=Cc4ccc(I)cc43)cn2)CC1. The van der Waals surface area contributed by atoms with E-state index in [9.17, 15) is 0 Å². The van der Waals surface area contributed by atoms with Crippen molar-refractivity contribution < 1.29 is 0 Å². The second-order valence-corrected chi connectivity index (χ2v) is 8.09. The molecule has 2 aliphatic heterocycles.